The number of piperidine rings is 1. The Morgan fingerprint density at radius 1 is 1.26 bits per heavy atom. The second-order valence-electron chi connectivity index (χ2n) is 6.15. The Balaban J connectivity index is 1.57. The van der Waals surface area contributed by atoms with Gasteiger partial charge in [-0.05, 0) is 38.1 Å². The van der Waals surface area contributed by atoms with Gasteiger partial charge in [0.15, 0.2) is 0 Å². The van der Waals surface area contributed by atoms with Crippen LogP contribution in [0, 0.1) is 0 Å². The van der Waals surface area contributed by atoms with Crippen molar-refractivity contribution in [1.29, 1.82) is 0 Å². The van der Waals surface area contributed by atoms with Crippen molar-refractivity contribution in [2.24, 2.45) is 0 Å². The maximum absolute atomic E-state index is 12.2. The predicted molar refractivity (Wildman–Crippen MR) is 96.6 cm³/mol. The molecule has 1 aromatic heterocycles. The normalized spacial score (nSPS) is 14.8. The minimum absolute atomic E-state index is 0.160. The topological polar surface area (TPSA) is 88.2 Å². The average molecular weight is 377 g/mol. The van der Waals surface area contributed by atoms with Crippen molar-refractivity contribution >= 4 is 17.5 Å². The molecular weight excluding hydrogens is 356 g/mol. The van der Waals surface area contributed by atoms with Crippen LogP contribution in [0.2, 0.25) is 0 Å². The molecule has 1 saturated heterocycles. The predicted octanol–water partition coefficient (Wildman–Crippen LogP) is 2.35. The van der Waals surface area contributed by atoms with E-state index in [1.165, 1.54) is 12.4 Å². The molecule has 9 heteroatoms. The highest BCUT2D eigenvalue weighted by Crippen LogP contribution is 2.20. The highest BCUT2D eigenvalue weighted by molar-refractivity contribution is 5.93. The Bertz CT molecular complexity index is 752. The first-order valence-electron chi connectivity index (χ1n) is 8.72. The molecule has 2 heterocycles. The molecule has 1 amide bonds. The third-order valence-electron chi connectivity index (χ3n) is 4.05. The molecule has 0 saturated carbocycles. The number of rotatable bonds is 7. The molecule has 1 aliphatic rings. The van der Waals surface area contributed by atoms with Gasteiger partial charge in [0.05, 0.1) is 5.56 Å². The van der Waals surface area contributed by atoms with Crippen LogP contribution in [0.5, 0.6) is 5.75 Å². The Labute approximate surface area is 155 Å². The number of ether oxygens (including phenoxy) is 1. The SMILES string of the molecule is O=C(NC1CCNCC1)c1cnc(Nc2cccc(OCC(F)F)c2)nc1. The lowest BCUT2D eigenvalue weighted by atomic mass is 10.1. The Hall–Kier alpha value is -2.81. The minimum atomic E-state index is -2.53. The van der Waals surface area contributed by atoms with Crippen LogP contribution in [0.4, 0.5) is 20.4 Å². The summed E-state index contributed by atoms with van der Waals surface area (Å²) in [5.74, 6) is 0.411. The maximum Gasteiger partial charge on any atom is 0.272 e. The molecule has 1 fully saturated rings. The number of nitrogens with zero attached hydrogens (tertiary/aromatic N) is 2. The lowest BCUT2D eigenvalue weighted by molar-refractivity contribution is 0.0819. The Kier molecular flexibility index (Phi) is 6.48. The van der Waals surface area contributed by atoms with Crippen LogP contribution in [-0.4, -0.2) is 48.0 Å². The van der Waals surface area contributed by atoms with Gasteiger partial charge in [-0.3, -0.25) is 4.79 Å². The van der Waals surface area contributed by atoms with E-state index in [9.17, 15) is 13.6 Å². The van der Waals surface area contributed by atoms with Crippen LogP contribution >= 0.6 is 0 Å². The van der Waals surface area contributed by atoms with E-state index in [2.05, 4.69) is 25.9 Å². The van der Waals surface area contributed by atoms with E-state index >= 15 is 0 Å². The van der Waals surface area contributed by atoms with E-state index in [0.717, 1.165) is 25.9 Å². The molecule has 3 N–H and O–H groups in total. The molecule has 0 spiro atoms. The van der Waals surface area contributed by atoms with E-state index in [0.29, 0.717) is 22.9 Å². The summed E-state index contributed by atoms with van der Waals surface area (Å²) in [6.45, 7) is 1.12. The molecule has 0 radical (unpaired) electrons. The number of hydrogen-bond donors (Lipinski definition) is 3. The Morgan fingerprint density at radius 2 is 2.00 bits per heavy atom. The van der Waals surface area contributed by atoms with E-state index < -0.39 is 13.0 Å². The maximum atomic E-state index is 12.2. The van der Waals surface area contributed by atoms with Crippen LogP contribution in [0.25, 0.3) is 0 Å². The third kappa shape index (κ3) is 5.85. The lowest BCUT2D eigenvalue weighted by Gasteiger charge is -2.23. The number of carbonyl (C=O) groups excluding carboxylic acids is 1. The number of halogens is 2. The fourth-order valence-electron chi connectivity index (χ4n) is 2.70. The van der Waals surface area contributed by atoms with Crippen LogP contribution < -0.4 is 20.7 Å². The van der Waals surface area contributed by atoms with Crippen molar-refractivity contribution in [2.45, 2.75) is 25.3 Å². The van der Waals surface area contributed by atoms with Crippen molar-refractivity contribution in [3.05, 3.63) is 42.2 Å². The summed E-state index contributed by atoms with van der Waals surface area (Å²) in [5, 5.41) is 9.17. The fourth-order valence-corrected chi connectivity index (χ4v) is 2.70. The fraction of sp³-hybridized carbons (Fsp3) is 0.389. The first-order valence-corrected chi connectivity index (χ1v) is 8.72. The zero-order valence-electron chi connectivity index (χ0n) is 14.6. The number of alkyl halides is 2. The van der Waals surface area contributed by atoms with E-state index in [4.69, 9.17) is 4.74 Å². The Morgan fingerprint density at radius 3 is 2.70 bits per heavy atom. The van der Waals surface area contributed by atoms with Gasteiger partial charge in [-0.1, -0.05) is 6.07 Å². The summed E-state index contributed by atoms with van der Waals surface area (Å²) in [4.78, 5) is 20.5. The van der Waals surface area contributed by atoms with Gasteiger partial charge in [-0.15, -0.1) is 0 Å². The summed E-state index contributed by atoms with van der Waals surface area (Å²) in [6, 6.07) is 6.72. The molecular formula is C18H21F2N5O2. The number of nitrogens with one attached hydrogen (secondary N) is 3. The number of benzene rings is 1. The van der Waals surface area contributed by atoms with Crippen LogP contribution in [0.15, 0.2) is 36.7 Å². The van der Waals surface area contributed by atoms with Crippen LogP contribution in [-0.2, 0) is 0 Å². The first kappa shape index (κ1) is 19.0. The number of anilines is 2. The van der Waals surface area contributed by atoms with E-state index in [-0.39, 0.29) is 11.9 Å². The number of hydrogen-bond acceptors (Lipinski definition) is 6. The summed E-state index contributed by atoms with van der Waals surface area (Å²) in [5.41, 5.74) is 0.974. The summed E-state index contributed by atoms with van der Waals surface area (Å²) in [7, 11) is 0. The highest BCUT2D eigenvalue weighted by atomic mass is 19.3. The molecule has 7 nitrogen and oxygen atoms in total. The summed E-state index contributed by atoms with van der Waals surface area (Å²) in [6.07, 6.45) is 2.16. The molecule has 0 aliphatic carbocycles. The van der Waals surface area contributed by atoms with Crippen molar-refractivity contribution in [3.63, 3.8) is 0 Å². The van der Waals surface area contributed by atoms with Gasteiger partial charge < -0.3 is 20.7 Å². The molecule has 1 aliphatic heterocycles. The van der Waals surface area contributed by atoms with Crippen molar-refractivity contribution in [3.8, 4) is 5.75 Å². The van der Waals surface area contributed by atoms with Gasteiger partial charge in [0.2, 0.25) is 5.95 Å². The number of carbonyl (C=O) groups is 1. The second kappa shape index (κ2) is 9.22. The zero-order chi connectivity index (χ0) is 19.1. The van der Waals surface area contributed by atoms with Gasteiger partial charge in [-0.2, -0.15) is 0 Å². The quantitative estimate of drug-likeness (QED) is 0.687. The standard InChI is InChI=1S/C18H21F2N5O2/c19-16(20)11-27-15-3-1-2-14(8-15)25-18-22-9-12(10-23-18)17(26)24-13-4-6-21-7-5-13/h1-3,8-10,13,16,21H,4-7,11H2,(H,24,26)(H,22,23,25). The van der Waals surface area contributed by atoms with Gasteiger partial charge in [0.1, 0.15) is 12.4 Å². The zero-order valence-corrected chi connectivity index (χ0v) is 14.6. The van der Waals surface area contributed by atoms with Gasteiger partial charge in [-0.25, -0.2) is 18.7 Å². The van der Waals surface area contributed by atoms with E-state index in [1.54, 1.807) is 24.3 Å². The second-order valence-corrected chi connectivity index (χ2v) is 6.15. The minimum Gasteiger partial charge on any atom is -0.488 e. The van der Waals surface area contributed by atoms with Gasteiger partial charge >= 0.3 is 0 Å². The van der Waals surface area contributed by atoms with Crippen molar-refractivity contribution < 1.29 is 18.3 Å². The third-order valence-corrected chi connectivity index (χ3v) is 4.05. The molecule has 0 atom stereocenters. The molecule has 2 aromatic rings. The van der Waals surface area contributed by atoms with Crippen molar-refractivity contribution in [1.82, 2.24) is 20.6 Å². The van der Waals surface area contributed by atoms with Crippen molar-refractivity contribution in [2.75, 3.05) is 25.0 Å². The average Bonchev–Trinajstić information content (AvgIpc) is 2.68. The van der Waals surface area contributed by atoms with E-state index in [1.807, 2.05) is 0 Å². The molecule has 0 bridgehead atoms. The molecule has 0 unspecified atom stereocenters. The molecule has 1 aromatic carbocycles. The summed E-state index contributed by atoms with van der Waals surface area (Å²) < 4.78 is 29.4. The monoisotopic (exact) mass is 377 g/mol. The smallest absolute Gasteiger partial charge is 0.272 e. The van der Waals surface area contributed by atoms with Gasteiger partial charge in [0.25, 0.3) is 12.3 Å². The summed E-state index contributed by atoms with van der Waals surface area (Å²) >= 11 is 0. The number of aromatic nitrogens is 2. The molecule has 27 heavy (non-hydrogen) atoms. The first-order chi connectivity index (χ1) is 13.1. The molecule has 144 valence electrons. The highest BCUT2D eigenvalue weighted by Gasteiger charge is 2.16. The van der Waals surface area contributed by atoms with Crippen LogP contribution in [0.1, 0.15) is 23.2 Å². The molecule has 3 rings (SSSR count). The lowest BCUT2D eigenvalue weighted by Crippen LogP contribution is -2.42. The van der Waals surface area contributed by atoms with Crippen LogP contribution in [0.3, 0.4) is 0 Å². The van der Waals surface area contributed by atoms with Gasteiger partial charge in [0, 0.05) is 30.2 Å². The number of amides is 1. The largest absolute Gasteiger partial charge is 0.488 e.